The highest BCUT2D eigenvalue weighted by Gasteiger charge is 2.53. The average molecular weight is 341 g/mol. The largest absolute Gasteiger partial charge is 0.492 e. The minimum atomic E-state index is -0.00316. The Balaban J connectivity index is 1.33. The van der Waals surface area contributed by atoms with Crippen molar-refractivity contribution in [2.24, 2.45) is 5.92 Å². The second-order valence-corrected chi connectivity index (χ2v) is 7.27. The Bertz CT molecular complexity index is 752. The van der Waals surface area contributed by atoms with Crippen LogP contribution in [0, 0.1) is 12.8 Å². The number of carbonyl (C=O) groups excluding carboxylic acids is 1. The topological polar surface area (TPSA) is 58.8 Å². The van der Waals surface area contributed by atoms with Crippen LogP contribution in [0.25, 0.3) is 0 Å². The molecule has 6 heteroatoms. The van der Waals surface area contributed by atoms with E-state index in [0.29, 0.717) is 18.3 Å². The van der Waals surface area contributed by atoms with E-state index in [9.17, 15) is 4.79 Å². The first-order valence-corrected chi connectivity index (χ1v) is 8.65. The van der Waals surface area contributed by atoms with Gasteiger partial charge in [-0.15, -0.1) is 0 Å². The van der Waals surface area contributed by atoms with Gasteiger partial charge >= 0.3 is 0 Å². The SMILES string of the molecule is Cc1ccoc1C(=O)N1CC2(C[C@@H](COc3cccnc3)CN2C)C1. The molecule has 2 aliphatic heterocycles. The monoisotopic (exact) mass is 341 g/mol. The number of rotatable bonds is 4. The van der Waals surface area contributed by atoms with E-state index in [4.69, 9.17) is 9.15 Å². The fourth-order valence-electron chi connectivity index (χ4n) is 4.01. The van der Waals surface area contributed by atoms with Crippen LogP contribution in [0.4, 0.5) is 0 Å². The molecule has 2 fully saturated rings. The molecule has 1 spiro atoms. The number of amides is 1. The lowest BCUT2D eigenvalue weighted by molar-refractivity contribution is -0.00958. The third kappa shape index (κ3) is 2.91. The molecule has 132 valence electrons. The molecule has 4 heterocycles. The van der Waals surface area contributed by atoms with Crippen molar-refractivity contribution >= 4 is 5.91 Å². The van der Waals surface area contributed by atoms with Crippen molar-refractivity contribution in [2.75, 3.05) is 33.3 Å². The summed E-state index contributed by atoms with van der Waals surface area (Å²) in [5.74, 6) is 1.74. The molecule has 0 radical (unpaired) electrons. The number of aromatic nitrogens is 1. The molecule has 2 aromatic heterocycles. The minimum absolute atomic E-state index is 0.00316. The Labute approximate surface area is 147 Å². The molecule has 0 aliphatic carbocycles. The van der Waals surface area contributed by atoms with Gasteiger partial charge in [0, 0.05) is 37.3 Å². The summed E-state index contributed by atoms with van der Waals surface area (Å²) in [6.45, 7) is 5.09. The molecule has 2 aliphatic rings. The summed E-state index contributed by atoms with van der Waals surface area (Å²) in [6.07, 6.45) is 6.10. The summed E-state index contributed by atoms with van der Waals surface area (Å²) in [7, 11) is 2.14. The van der Waals surface area contributed by atoms with E-state index >= 15 is 0 Å². The number of ether oxygens (including phenoxy) is 1. The van der Waals surface area contributed by atoms with Crippen LogP contribution in [0.5, 0.6) is 5.75 Å². The summed E-state index contributed by atoms with van der Waals surface area (Å²) >= 11 is 0. The van der Waals surface area contributed by atoms with E-state index in [1.165, 1.54) is 0 Å². The normalized spacial score (nSPS) is 22.2. The van der Waals surface area contributed by atoms with Crippen molar-refractivity contribution in [3.8, 4) is 5.75 Å². The van der Waals surface area contributed by atoms with Gasteiger partial charge in [-0.05, 0) is 38.6 Å². The molecule has 0 N–H and O–H groups in total. The number of likely N-dealkylation sites (tertiary alicyclic amines) is 2. The zero-order valence-electron chi connectivity index (χ0n) is 14.6. The first-order valence-electron chi connectivity index (χ1n) is 8.65. The van der Waals surface area contributed by atoms with Gasteiger partial charge in [0.15, 0.2) is 5.76 Å². The third-order valence-electron chi connectivity index (χ3n) is 5.44. The lowest BCUT2D eigenvalue weighted by Crippen LogP contribution is -2.68. The Morgan fingerprint density at radius 2 is 2.28 bits per heavy atom. The summed E-state index contributed by atoms with van der Waals surface area (Å²) in [6, 6.07) is 5.64. The van der Waals surface area contributed by atoms with Gasteiger partial charge < -0.3 is 14.1 Å². The molecule has 0 saturated carbocycles. The van der Waals surface area contributed by atoms with Crippen molar-refractivity contribution in [1.82, 2.24) is 14.8 Å². The van der Waals surface area contributed by atoms with Crippen molar-refractivity contribution in [3.05, 3.63) is 48.2 Å². The smallest absolute Gasteiger partial charge is 0.289 e. The molecule has 0 bridgehead atoms. The van der Waals surface area contributed by atoms with Crippen LogP contribution in [0.2, 0.25) is 0 Å². The average Bonchev–Trinajstić information content (AvgIpc) is 3.15. The molecule has 1 atom stereocenters. The van der Waals surface area contributed by atoms with Gasteiger partial charge in [-0.2, -0.15) is 0 Å². The van der Waals surface area contributed by atoms with Gasteiger partial charge in [-0.1, -0.05) is 0 Å². The van der Waals surface area contributed by atoms with Crippen LogP contribution in [-0.2, 0) is 0 Å². The van der Waals surface area contributed by atoms with E-state index in [2.05, 4.69) is 16.9 Å². The van der Waals surface area contributed by atoms with Crippen LogP contribution in [0.1, 0.15) is 22.5 Å². The predicted octanol–water partition coefficient (Wildman–Crippen LogP) is 2.21. The Morgan fingerprint density at radius 1 is 1.44 bits per heavy atom. The molecule has 1 amide bonds. The number of likely N-dealkylation sites (N-methyl/N-ethyl adjacent to an activating group) is 1. The summed E-state index contributed by atoms with van der Waals surface area (Å²) in [4.78, 5) is 20.9. The molecule has 2 aromatic rings. The highest BCUT2D eigenvalue weighted by molar-refractivity contribution is 5.93. The van der Waals surface area contributed by atoms with E-state index in [-0.39, 0.29) is 11.4 Å². The Kier molecular flexibility index (Phi) is 4.00. The lowest BCUT2D eigenvalue weighted by Gasteiger charge is -2.51. The van der Waals surface area contributed by atoms with E-state index < -0.39 is 0 Å². The molecule has 2 saturated heterocycles. The number of hydrogen-bond acceptors (Lipinski definition) is 5. The number of nitrogens with zero attached hydrogens (tertiary/aromatic N) is 3. The minimum Gasteiger partial charge on any atom is -0.492 e. The van der Waals surface area contributed by atoms with Crippen molar-refractivity contribution in [2.45, 2.75) is 18.9 Å². The van der Waals surface area contributed by atoms with E-state index in [1.807, 2.05) is 30.0 Å². The second-order valence-electron chi connectivity index (χ2n) is 7.27. The standard InChI is InChI=1S/C19H23N3O3/c1-14-5-7-24-17(14)18(23)22-12-19(13-22)8-15(10-21(19)2)11-25-16-4-3-6-20-9-16/h3-7,9,15H,8,10-13H2,1-2H3/t15-/m1/s1. The van der Waals surface area contributed by atoms with Gasteiger partial charge in [-0.25, -0.2) is 0 Å². The second kappa shape index (κ2) is 6.19. The first kappa shape index (κ1) is 16.1. The fraction of sp³-hybridized carbons (Fsp3) is 0.474. The number of furan rings is 1. The Hall–Kier alpha value is -2.34. The third-order valence-corrected chi connectivity index (χ3v) is 5.44. The van der Waals surface area contributed by atoms with Gasteiger partial charge in [-0.3, -0.25) is 14.7 Å². The van der Waals surface area contributed by atoms with Crippen LogP contribution < -0.4 is 4.74 Å². The highest BCUT2D eigenvalue weighted by atomic mass is 16.5. The lowest BCUT2D eigenvalue weighted by atomic mass is 9.84. The summed E-state index contributed by atoms with van der Waals surface area (Å²) in [5, 5.41) is 0. The van der Waals surface area contributed by atoms with Crippen molar-refractivity contribution in [3.63, 3.8) is 0 Å². The van der Waals surface area contributed by atoms with E-state index in [1.54, 1.807) is 18.7 Å². The van der Waals surface area contributed by atoms with Crippen LogP contribution >= 0.6 is 0 Å². The maximum Gasteiger partial charge on any atom is 0.289 e. The van der Waals surface area contributed by atoms with Crippen LogP contribution in [0.3, 0.4) is 0 Å². The molecule has 4 rings (SSSR count). The molecule has 0 aromatic carbocycles. The van der Waals surface area contributed by atoms with Crippen LogP contribution in [-0.4, -0.2) is 59.5 Å². The van der Waals surface area contributed by atoms with Gasteiger partial charge in [0.2, 0.25) is 0 Å². The molecule has 25 heavy (non-hydrogen) atoms. The molecular weight excluding hydrogens is 318 g/mol. The molecule has 6 nitrogen and oxygen atoms in total. The summed E-state index contributed by atoms with van der Waals surface area (Å²) in [5.41, 5.74) is 0.979. The number of hydrogen-bond donors (Lipinski definition) is 0. The van der Waals surface area contributed by atoms with Gasteiger partial charge in [0.25, 0.3) is 5.91 Å². The maximum absolute atomic E-state index is 12.5. The number of aryl methyl sites for hydroxylation is 1. The van der Waals surface area contributed by atoms with Gasteiger partial charge in [0.1, 0.15) is 5.75 Å². The summed E-state index contributed by atoms with van der Waals surface area (Å²) < 4.78 is 11.2. The van der Waals surface area contributed by atoms with Crippen LogP contribution in [0.15, 0.2) is 41.3 Å². The number of carbonyl (C=O) groups is 1. The quantitative estimate of drug-likeness (QED) is 0.853. The van der Waals surface area contributed by atoms with Gasteiger partial charge in [0.05, 0.1) is 24.6 Å². The first-order chi connectivity index (χ1) is 12.1. The van der Waals surface area contributed by atoms with Crippen molar-refractivity contribution < 1.29 is 13.9 Å². The predicted molar refractivity (Wildman–Crippen MR) is 92.5 cm³/mol. The van der Waals surface area contributed by atoms with Crippen molar-refractivity contribution in [1.29, 1.82) is 0 Å². The fourth-order valence-corrected chi connectivity index (χ4v) is 4.01. The highest BCUT2D eigenvalue weighted by Crippen LogP contribution is 2.40. The Morgan fingerprint density at radius 3 is 2.96 bits per heavy atom. The zero-order valence-corrected chi connectivity index (χ0v) is 14.6. The maximum atomic E-state index is 12.5. The van der Waals surface area contributed by atoms with E-state index in [0.717, 1.165) is 37.4 Å². The zero-order chi connectivity index (χ0) is 17.4. The molecular formula is C19H23N3O3. The molecule has 0 unspecified atom stereocenters. The number of pyridine rings is 1.